The molecular weight excluding hydrogens is 374 g/mol. The van der Waals surface area contributed by atoms with Crippen molar-refractivity contribution in [3.05, 3.63) is 58.3 Å². The molecule has 0 bridgehead atoms. The summed E-state index contributed by atoms with van der Waals surface area (Å²) in [5.74, 6) is 2.09. The molecule has 1 saturated heterocycles. The molecule has 5 rings (SSSR count). The number of carbonyl (C=O) groups is 1. The predicted octanol–water partition coefficient (Wildman–Crippen LogP) is 4.87. The zero-order valence-electron chi connectivity index (χ0n) is 15.4. The Balaban J connectivity index is 1.35. The lowest BCUT2D eigenvalue weighted by atomic mass is 9.97. The molecule has 1 atom stereocenters. The number of amides is 1. The highest BCUT2D eigenvalue weighted by atomic mass is 32.1. The number of hydrogen-bond acceptors (Lipinski definition) is 6. The Morgan fingerprint density at radius 3 is 3.00 bits per heavy atom. The minimum atomic E-state index is 0.0306. The second-order valence-electron chi connectivity index (χ2n) is 7.16. The van der Waals surface area contributed by atoms with Crippen LogP contribution in [0.3, 0.4) is 0 Å². The van der Waals surface area contributed by atoms with Gasteiger partial charge in [0.2, 0.25) is 11.8 Å². The lowest BCUT2D eigenvalue weighted by molar-refractivity contribution is 0.0698. The summed E-state index contributed by atoms with van der Waals surface area (Å²) in [6.07, 6.45) is 1.86. The molecule has 1 aliphatic rings. The van der Waals surface area contributed by atoms with Crippen molar-refractivity contribution >= 4 is 28.2 Å². The maximum Gasteiger partial charge on any atom is 0.253 e. The van der Waals surface area contributed by atoms with Gasteiger partial charge in [0.1, 0.15) is 11.3 Å². The molecule has 142 valence electrons. The third-order valence-electron chi connectivity index (χ3n) is 5.15. The fraction of sp³-hybridized carbons (Fsp3) is 0.286. The number of thiophene rings is 1. The van der Waals surface area contributed by atoms with E-state index in [0.717, 1.165) is 41.7 Å². The van der Waals surface area contributed by atoms with Crippen LogP contribution in [0, 0.1) is 6.92 Å². The number of rotatable bonds is 3. The number of nitrogens with zero attached hydrogens (tertiary/aromatic N) is 3. The zero-order valence-corrected chi connectivity index (χ0v) is 16.2. The summed E-state index contributed by atoms with van der Waals surface area (Å²) in [5, 5.41) is 13.3. The molecule has 0 radical (unpaired) electrons. The number of benzene rings is 1. The number of piperidine rings is 1. The third-order valence-corrected chi connectivity index (χ3v) is 5.84. The maximum atomic E-state index is 13.0. The average Bonchev–Trinajstić information content (AvgIpc) is 3.45. The van der Waals surface area contributed by atoms with Crippen molar-refractivity contribution in [2.75, 3.05) is 13.1 Å². The van der Waals surface area contributed by atoms with Crippen LogP contribution in [0.2, 0.25) is 0 Å². The molecule has 1 aromatic carbocycles. The molecule has 3 aromatic heterocycles. The van der Waals surface area contributed by atoms with Crippen LogP contribution >= 0.6 is 11.3 Å². The minimum absolute atomic E-state index is 0.0306. The Kier molecular flexibility index (Phi) is 4.24. The van der Waals surface area contributed by atoms with E-state index in [-0.39, 0.29) is 11.8 Å². The number of hydrogen-bond donors (Lipinski definition) is 0. The number of fused-ring (bicyclic) bond motifs is 1. The van der Waals surface area contributed by atoms with Crippen molar-refractivity contribution < 1.29 is 13.6 Å². The smallest absolute Gasteiger partial charge is 0.253 e. The van der Waals surface area contributed by atoms with Crippen LogP contribution in [-0.4, -0.2) is 34.1 Å². The SMILES string of the molecule is Cc1cc2cc(C(=O)N3CCC[C@@H](c4nnc(-c5ccsc5)o4)C3)ccc2o1. The average molecular weight is 393 g/mol. The Morgan fingerprint density at radius 1 is 1.21 bits per heavy atom. The zero-order chi connectivity index (χ0) is 19.1. The van der Waals surface area contributed by atoms with Gasteiger partial charge in [-0.25, -0.2) is 0 Å². The minimum Gasteiger partial charge on any atom is -0.461 e. The van der Waals surface area contributed by atoms with Gasteiger partial charge in [-0.2, -0.15) is 11.3 Å². The van der Waals surface area contributed by atoms with Gasteiger partial charge >= 0.3 is 0 Å². The summed E-state index contributed by atoms with van der Waals surface area (Å²) in [6, 6.07) is 9.52. The Morgan fingerprint density at radius 2 is 2.14 bits per heavy atom. The van der Waals surface area contributed by atoms with E-state index >= 15 is 0 Å². The summed E-state index contributed by atoms with van der Waals surface area (Å²) < 4.78 is 11.5. The first kappa shape index (κ1) is 17.2. The topological polar surface area (TPSA) is 72.4 Å². The summed E-state index contributed by atoms with van der Waals surface area (Å²) >= 11 is 1.60. The predicted molar refractivity (Wildman–Crippen MR) is 106 cm³/mol. The second-order valence-corrected chi connectivity index (χ2v) is 7.94. The highest BCUT2D eigenvalue weighted by Gasteiger charge is 2.29. The summed E-state index contributed by atoms with van der Waals surface area (Å²) in [7, 11) is 0. The highest BCUT2D eigenvalue weighted by Crippen LogP contribution is 2.30. The number of furan rings is 1. The molecular formula is C21H19N3O3S. The Bertz CT molecular complexity index is 1130. The number of aromatic nitrogens is 2. The summed E-state index contributed by atoms with van der Waals surface area (Å²) in [4.78, 5) is 14.9. The van der Waals surface area contributed by atoms with Crippen LogP contribution in [-0.2, 0) is 0 Å². The number of carbonyl (C=O) groups excluding carboxylic acids is 1. The van der Waals surface area contributed by atoms with Gasteiger partial charge in [-0.05, 0) is 55.5 Å². The van der Waals surface area contributed by atoms with Crippen LogP contribution in [0.1, 0.15) is 40.8 Å². The fourth-order valence-corrected chi connectivity index (χ4v) is 4.39. The third kappa shape index (κ3) is 3.11. The lowest BCUT2D eigenvalue weighted by Gasteiger charge is -2.31. The second kappa shape index (κ2) is 6.91. The van der Waals surface area contributed by atoms with Crippen LogP contribution in [0.5, 0.6) is 0 Å². The fourth-order valence-electron chi connectivity index (χ4n) is 3.76. The van der Waals surface area contributed by atoms with Crippen molar-refractivity contribution in [3.8, 4) is 11.5 Å². The van der Waals surface area contributed by atoms with E-state index in [9.17, 15) is 4.79 Å². The largest absolute Gasteiger partial charge is 0.461 e. The van der Waals surface area contributed by atoms with E-state index in [0.29, 0.717) is 23.9 Å². The van der Waals surface area contributed by atoms with Gasteiger partial charge in [-0.3, -0.25) is 4.79 Å². The molecule has 4 heterocycles. The first-order valence-corrected chi connectivity index (χ1v) is 10.3. The van der Waals surface area contributed by atoms with Gasteiger partial charge < -0.3 is 13.7 Å². The van der Waals surface area contributed by atoms with Crippen molar-refractivity contribution in [2.45, 2.75) is 25.7 Å². The van der Waals surface area contributed by atoms with Crippen molar-refractivity contribution in [2.24, 2.45) is 0 Å². The van der Waals surface area contributed by atoms with E-state index in [1.807, 2.05) is 52.9 Å². The first-order valence-electron chi connectivity index (χ1n) is 9.33. The van der Waals surface area contributed by atoms with Gasteiger partial charge in [-0.1, -0.05) is 0 Å². The summed E-state index contributed by atoms with van der Waals surface area (Å²) in [6.45, 7) is 3.24. The molecule has 0 aliphatic carbocycles. The molecule has 7 heteroatoms. The van der Waals surface area contributed by atoms with Crippen LogP contribution in [0.25, 0.3) is 22.4 Å². The van der Waals surface area contributed by atoms with E-state index in [2.05, 4.69) is 10.2 Å². The van der Waals surface area contributed by atoms with Gasteiger partial charge in [0.15, 0.2) is 0 Å². The van der Waals surface area contributed by atoms with Crippen molar-refractivity contribution in [1.82, 2.24) is 15.1 Å². The highest BCUT2D eigenvalue weighted by molar-refractivity contribution is 7.08. The molecule has 1 aliphatic heterocycles. The molecule has 0 saturated carbocycles. The molecule has 4 aromatic rings. The van der Waals surface area contributed by atoms with Crippen LogP contribution in [0.15, 0.2) is 49.9 Å². The molecule has 0 spiro atoms. The van der Waals surface area contributed by atoms with Gasteiger partial charge in [0.25, 0.3) is 5.91 Å². The summed E-state index contributed by atoms with van der Waals surface area (Å²) in [5.41, 5.74) is 2.42. The molecule has 0 unspecified atom stereocenters. The normalized spacial score (nSPS) is 17.3. The molecule has 6 nitrogen and oxygen atoms in total. The number of aryl methyl sites for hydroxylation is 1. The van der Waals surface area contributed by atoms with Crippen molar-refractivity contribution in [3.63, 3.8) is 0 Å². The van der Waals surface area contributed by atoms with Gasteiger partial charge in [-0.15, -0.1) is 10.2 Å². The van der Waals surface area contributed by atoms with E-state index in [1.54, 1.807) is 11.3 Å². The molecule has 0 N–H and O–H groups in total. The van der Waals surface area contributed by atoms with Gasteiger partial charge in [0.05, 0.1) is 5.92 Å². The van der Waals surface area contributed by atoms with Crippen molar-refractivity contribution in [1.29, 1.82) is 0 Å². The Hall–Kier alpha value is -2.93. The van der Waals surface area contributed by atoms with Crippen LogP contribution in [0.4, 0.5) is 0 Å². The molecule has 1 amide bonds. The lowest BCUT2D eigenvalue weighted by Crippen LogP contribution is -2.39. The Labute approximate surface area is 165 Å². The molecule has 1 fully saturated rings. The van der Waals surface area contributed by atoms with E-state index < -0.39 is 0 Å². The quantitative estimate of drug-likeness (QED) is 0.496. The molecule has 28 heavy (non-hydrogen) atoms. The van der Waals surface area contributed by atoms with E-state index in [1.165, 1.54) is 0 Å². The monoisotopic (exact) mass is 393 g/mol. The number of likely N-dealkylation sites (tertiary alicyclic amines) is 1. The van der Waals surface area contributed by atoms with Gasteiger partial charge in [0, 0.05) is 35.0 Å². The standard InChI is InChI=1S/C21H19N3O3S/c1-13-9-17-10-14(4-5-18(17)26-13)21(25)24-7-2-3-15(11-24)19-22-23-20(27-19)16-6-8-28-12-16/h4-6,8-10,12,15H,2-3,7,11H2,1H3/t15-/m1/s1. The maximum absolute atomic E-state index is 13.0. The van der Waals surface area contributed by atoms with Crippen LogP contribution < -0.4 is 0 Å². The first-order chi connectivity index (χ1) is 13.7. The van der Waals surface area contributed by atoms with E-state index in [4.69, 9.17) is 8.83 Å².